The number of hydrogen-bond donors (Lipinski definition) is 3. The Morgan fingerprint density at radius 1 is 1.37 bits per heavy atom. The van der Waals surface area contributed by atoms with Gasteiger partial charge in [-0.2, -0.15) is 0 Å². The van der Waals surface area contributed by atoms with Crippen LogP contribution >= 0.6 is 11.8 Å². The lowest BCUT2D eigenvalue weighted by Crippen LogP contribution is -2.35. The third kappa shape index (κ3) is 2.05. The highest BCUT2D eigenvalue weighted by atomic mass is 32.2. The topological polar surface area (TPSA) is 95.3 Å². The Morgan fingerprint density at radius 2 is 2.16 bits per heavy atom. The number of hydrogen-bond acceptors (Lipinski definition) is 5. The average molecular weight is 284 g/mol. The van der Waals surface area contributed by atoms with Crippen LogP contribution in [0.15, 0.2) is 9.59 Å². The molecule has 1 aliphatic heterocycles. The van der Waals surface area contributed by atoms with E-state index in [0.29, 0.717) is 18.4 Å². The van der Waals surface area contributed by atoms with Crippen molar-refractivity contribution < 1.29 is 10.2 Å². The minimum Gasteiger partial charge on any atom is -0.395 e. The highest BCUT2D eigenvalue weighted by Crippen LogP contribution is 2.41. The summed E-state index contributed by atoms with van der Waals surface area (Å²) in [6.07, 6.45) is 2.12. The van der Waals surface area contributed by atoms with Gasteiger partial charge in [-0.3, -0.25) is 14.3 Å². The molecule has 1 saturated heterocycles. The Bertz CT molecular complexity index is 609. The van der Waals surface area contributed by atoms with Gasteiger partial charge in [0, 0.05) is 17.7 Å². The van der Waals surface area contributed by atoms with Gasteiger partial charge in [-0.25, -0.2) is 4.79 Å². The predicted molar refractivity (Wildman–Crippen MR) is 71.5 cm³/mol. The van der Waals surface area contributed by atoms with Crippen molar-refractivity contribution in [2.75, 3.05) is 6.61 Å². The van der Waals surface area contributed by atoms with Gasteiger partial charge in [0.05, 0.1) is 23.3 Å². The number of aromatic nitrogens is 2. The molecule has 19 heavy (non-hydrogen) atoms. The van der Waals surface area contributed by atoms with Gasteiger partial charge < -0.3 is 10.2 Å². The van der Waals surface area contributed by atoms with Gasteiger partial charge in [0.2, 0.25) is 0 Å². The second-order valence-electron chi connectivity index (χ2n) is 5.02. The smallest absolute Gasteiger partial charge is 0.329 e. The van der Waals surface area contributed by atoms with Gasteiger partial charge in [0.1, 0.15) is 0 Å². The second kappa shape index (κ2) is 4.81. The third-order valence-corrected chi connectivity index (χ3v) is 5.40. The molecule has 3 atom stereocenters. The van der Waals surface area contributed by atoms with Crippen molar-refractivity contribution in [2.45, 2.75) is 42.4 Å². The van der Waals surface area contributed by atoms with Crippen LogP contribution in [0, 0.1) is 0 Å². The summed E-state index contributed by atoms with van der Waals surface area (Å²) in [6.45, 7) is -0.109. The summed E-state index contributed by atoms with van der Waals surface area (Å²) in [5, 5.41) is 18.6. The Kier molecular flexibility index (Phi) is 3.28. The summed E-state index contributed by atoms with van der Waals surface area (Å²) < 4.78 is 1.60. The first-order chi connectivity index (χ1) is 9.11. The van der Waals surface area contributed by atoms with E-state index in [-0.39, 0.29) is 22.8 Å². The zero-order valence-corrected chi connectivity index (χ0v) is 11.2. The van der Waals surface area contributed by atoms with Crippen LogP contribution in [0.5, 0.6) is 0 Å². The summed E-state index contributed by atoms with van der Waals surface area (Å²) in [5.41, 5.74) is 0.809. The number of aromatic amines is 1. The lowest BCUT2D eigenvalue weighted by Gasteiger charge is -2.17. The lowest BCUT2D eigenvalue weighted by atomic mass is 10.2. The highest BCUT2D eigenvalue weighted by molar-refractivity contribution is 8.00. The van der Waals surface area contributed by atoms with Crippen LogP contribution in [0.1, 0.15) is 29.5 Å². The molecule has 1 fully saturated rings. The zero-order valence-electron chi connectivity index (χ0n) is 10.3. The number of nitrogens with zero attached hydrogens (tertiary/aromatic N) is 1. The number of rotatable bonds is 2. The maximum absolute atomic E-state index is 12.0. The van der Waals surface area contributed by atoms with E-state index < -0.39 is 11.8 Å². The number of H-pyrrole nitrogens is 1. The van der Waals surface area contributed by atoms with Crippen molar-refractivity contribution in [2.24, 2.45) is 0 Å². The molecule has 0 aromatic carbocycles. The molecular formula is C12H16N2O4S. The van der Waals surface area contributed by atoms with E-state index in [4.69, 9.17) is 0 Å². The van der Waals surface area contributed by atoms with Gasteiger partial charge in [0.25, 0.3) is 5.56 Å². The van der Waals surface area contributed by atoms with Crippen molar-refractivity contribution in [1.82, 2.24) is 9.55 Å². The largest absolute Gasteiger partial charge is 0.395 e. The first-order valence-corrected chi connectivity index (χ1v) is 7.37. The van der Waals surface area contributed by atoms with E-state index in [2.05, 4.69) is 4.98 Å². The monoisotopic (exact) mass is 284 g/mol. The summed E-state index contributed by atoms with van der Waals surface area (Å²) in [5.74, 6) is 0. The molecule has 3 rings (SSSR count). The van der Waals surface area contributed by atoms with Crippen molar-refractivity contribution in [3.63, 3.8) is 0 Å². The summed E-state index contributed by atoms with van der Waals surface area (Å²) >= 11 is 1.40. The van der Waals surface area contributed by atoms with E-state index in [1.165, 1.54) is 11.8 Å². The van der Waals surface area contributed by atoms with E-state index in [9.17, 15) is 19.8 Å². The van der Waals surface area contributed by atoms with E-state index in [0.717, 1.165) is 18.5 Å². The van der Waals surface area contributed by atoms with Gasteiger partial charge >= 0.3 is 5.69 Å². The molecule has 2 heterocycles. The van der Waals surface area contributed by atoms with Crippen molar-refractivity contribution in [1.29, 1.82) is 0 Å². The summed E-state index contributed by atoms with van der Waals surface area (Å²) in [6, 6.07) is 0. The fourth-order valence-electron chi connectivity index (χ4n) is 2.94. The molecule has 1 aromatic heterocycles. The number of fused-ring (bicyclic) bond motifs is 1. The Labute approximate surface area is 113 Å². The highest BCUT2D eigenvalue weighted by Gasteiger charge is 2.36. The van der Waals surface area contributed by atoms with Crippen LogP contribution in [0.25, 0.3) is 0 Å². The molecule has 1 aliphatic carbocycles. The summed E-state index contributed by atoms with van der Waals surface area (Å²) in [7, 11) is 0. The van der Waals surface area contributed by atoms with E-state index in [1.54, 1.807) is 4.57 Å². The molecular weight excluding hydrogens is 268 g/mol. The van der Waals surface area contributed by atoms with Gasteiger partial charge in [-0.15, -0.1) is 11.8 Å². The van der Waals surface area contributed by atoms with Crippen LogP contribution in [-0.4, -0.2) is 37.7 Å². The van der Waals surface area contributed by atoms with Gasteiger partial charge in [-0.05, 0) is 19.3 Å². The first kappa shape index (κ1) is 13.0. The lowest BCUT2D eigenvalue weighted by molar-refractivity contribution is 0.137. The van der Waals surface area contributed by atoms with Crippen molar-refractivity contribution >= 4 is 11.8 Å². The van der Waals surface area contributed by atoms with Crippen molar-refractivity contribution in [3.05, 3.63) is 32.1 Å². The Morgan fingerprint density at radius 3 is 2.84 bits per heavy atom. The molecule has 2 aliphatic rings. The molecule has 0 amide bonds. The molecule has 1 aromatic rings. The number of nitrogens with one attached hydrogen (secondary N) is 1. The minimum absolute atomic E-state index is 0.109. The SMILES string of the molecule is O=c1[nH]c(=O)n(C2CC(O)C(CO)S2)c2c1CCC2. The fourth-order valence-corrected chi connectivity index (χ4v) is 4.37. The molecule has 0 bridgehead atoms. The van der Waals surface area contributed by atoms with Crippen LogP contribution in [0.3, 0.4) is 0 Å². The molecule has 0 radical (unpaired) electrons. The van der Waals surface area contributed by atoms with Gasteiger partial charge in [0.15, 0.2) is 0 Å². The number of aliphatic hydroxyl groups excluding tert-OH is 2. The molecule has 0 spiro atoms. The normalized spacial score (nSPS) is 29.7. The second-order valence-corrected chi connectivity index (χ2v) is 6.44. The van der Waals surface area contributed by atoms with Crippen LogP contribution < -0.4 is 11.2 Å². The third-order valence-electron chi connectivity index (χ3n) is 3.86. The Balaban J connectivity index is 2.05. The molecule has 3 unspecified atom stereocenters. The average Bonchev–Trinajstić information content (AvgIpc) is 2.96. The number of thioether (sulfide) groups is 1. The number of aliphatic hydroxyl groups is 2. The van der Waals surface area contributed by atoms with E-state index in [1.807, 2.05) is 0 Å². The Hall–Kier alpha value is -1.05. The van der Waals surface area contributed by atoms with E-state index >= 15 is 0 Å². The standard InChI is InChI=1S/C12H16N2O4S/c15-5-9-8(16)4-10(19-9)14-7-3-1-2-6(7)11(17)13-12(14)18/h8-10,15-16H,1-5H2,(H,13,17,18). The zero-order chi connectivity index (χ0) is 13.6. The fraction of sp³-hybridized carbons (Fsp3) is 0.667. The molecule has 7 heteroatoms. The predicted octanol–water partition coefficient (Wildman–Crippen LogP) is -0.617. The molecule has 104 valence electrons. The maximum Gasteiger partial charge on any atom is 0.329 e. The minimum atomic E-state index is -0.615. The summed E-state index contributed by atoms with van der Waals surface area (Å²) in [4.78, 5) is 26.1. The van der Waals surface area contributed by atoms with Crippen LogP contribution in [-0.2, 0) is 12.8 Å². The first-order valence-electron chi connectivity index (χ1n) is 6.42. The van der Waals surface area contributed by atoms with Gasteiger partial charge in [-0.1, -0.05) is 0 Å². The quantitative estimate of drug-likeness (QED) is 0.673. The van der Waals surface area contributed by atoms with Crippen LogP contribution in [0.4, 0.5) is 0 Å². The molecule has 3 N–H and O–H groups in total. The maximum atomic E-state index is 12.0. The molecule has 6 nitrogen and oxygen atoms in total. The van der Waals surface area contributed by atoms with Crippen LogP contribution in [0.2, 0.25) is 0 Å². The van der Waals surface area contributed by atoms with Crippen molar-refractivity contribution in [3.8, 4) is 0 Å². The molecule has 0 saturated carbocycles.